The van der Waals surface area contributed by atoms with Crippen LogP contribution >= 0.6 is 0 Å². The first-order chi connectivity index (χ1) is 7.93. The summed E-state index contributed by atoms with van der Waals surface area (Å²) >= 11 is 0. The van der Waals surface area contributed by atoms with E-state index in [0.717, 1.165) is 31.1 Å². The molecule has 1 heterocycles. The van der Waals surface area contributed by atoms with E-state index >= 15 is 0 Å². The Morgan fingerprint density at radius 1 is 1.31 bits per heavy atom. The molecule has 3 nitrogen and oxygen atoms in total. The average molecular weight is 216 g/mol. The molecule has 84 valence electrons. The van der Waals surface area contributed by atoms with Crippen LogP contribution in [0.1, 0.15) is 17.5 Å². The summed E-state index contributed by atoms with van der Waals surface area (Å²) in [6.45, 7) is 2.41. The van der Waals surface area contributed by atoms with Crippen molar-refractivity contribution in [2.75, 3.05) is 19.7 Å². The fourth-order valence-electron chi connectivity index (χ4n) is 2.41. The second kappa shape index (κ2) is 4.16. The van der Waals surface area contributed by atoms with Crippen molar-refractivity contribution in [3.8, 4) is 5.75 Å². The summed E-state index contributed by atoms with van der Waals surface area (Å²) < 4.78 is 5.84. The van der Waals surface area contributed by atoms with Gasteiger partial charge in [0.25, 0.3) is 0 Å². The minimum atomic E-state index is 0.580. The number of aliphatic imine (C=N–C) groups is 1. The molecule has 16 heavy (non-hydrogen) atoms. The molecular formula is C13H16N2O. The number of nitrogens with zero attached hydrogens (tertiary/aromatic N) is 1. The Balaban J connectivity index is 1.72. The molecule has 0 saturated heterocycles. The van der Waals surface area contributed by atoms with Gasteiger partial charge in [0.1, 0.15) is 18.2 Å². The van der Waals surface area contributed by atoms with Crippen molar-refractivity contribution in [1.29, 1.82) is 0 Å². The lowest BCUT2D eigenvalue weighted by Gasteiger charge is -2.10. The maximum absolute atomic E-state index is 5.84. The van der Waals surface area contributed by atoms with Crippen LogP contribution in [0.2, 0.25) is 0 Å². The van der Waals surface area contributed by atoms with Gasteiger partial charge in [-0.2, -0.15) is 0 Å². The predicted molar refractivity (Wildman–Crippen MR) is 64.3 cm³/mol. The molecule has 0 unspecified atom stereocenters. The van der Waals surface area contributed by atoms with Gasteiger partial charge in [0, 0.05) is 6.54 Å². The van der Waals surface area contributed by atoms with Crippen molar-refractivity contribution in [3.05, 3.63) is 29.3 Å². The standard InChI is InChI=1S/C13H16N2O/c1-3-10-4-2-6-12(11(10)5-1)16-9-13-14-7-8-15-13/h2,4,6H,1,3,5,7-9H2,(H,14,15). The molecular weight excluding hydrogens is 200 g/mol. The second-order valence-corrected chi connectivity index (χ2v) is 4.29. The third-order valence-electron chi connectivity index (χ3n) is 3.21. The summed E-state index contributed by atoms with van der Waals surface area (Å²) in [7, 11) is 0. The van der Waals surface area contributed by atoms with Gasteiger partial charge >= 0.3 is 0 Å². The van der Waals surface area contributed by atoms with Crippen molar-refractivity contribution in [2.45, 2.75) is 19.3 Å². The fraction of sp³-hybridized carbons (Fsp3) is 0.462. The van der Waals surface area contributed by atoms with E-state index in [1.807, 2.05) is 0 Å². The topological polar surface area (TPSA) is 33.6 Å². The molecule has 3 heteroatoms. The van der Waals surface area contributed by atoms with Gasteiger partial charge in [-0.3, -0.25) is 4.99 Å². The van der Waals surface area contributed by atoms with Crippen LogP contribution in [-0.4, -0.2) is 25.5 Å². The van der Waals surface area contributed by atoms with Crippen LogP contribution in [0.5, 0.6) is 5.75 Å². The van der Waals surface area contributed by atoms with Crippen LogP contribution in [0.15, 0.2) is 23.2 Å². The smallest absolute Gasteiger partial charge is 0.145 e. The van der Waals surface area contributed by atoms with Crippen molar-refractivity contribution < 1.29 is 4.74 Å². The number of benzene rings is 1. The largest absolute Gasteiger partial charge is 0.485 e. The Morgan fingerprint density at radius 2 is 2.31 bits per heavy atom. The van der Waals surface area contributed by atoms with Gasteiger partial charge in [-0.25, -0.2) is 0 Å². The minimum Gasteiger partial charge on any atom is -0.485 e. The van der Waals surface area contributed by atoms with E-state index in [-0.39, 0.29) is 0 Å². The average Bonchev–Trinajstić information content (AvgIpc) is 2.97. The molecule has 0 atom stereocenters. The molecule has 1 aromatic carbocycles. The van der Waals surface area contributed by atoms with E-state index in [0.29, 0.717) is 6.61 Å². The van der Waals surface area contributed by atoms with Crippen molar-refractivity contribution >= 4 is 5.84 Å². The SMILES string of the molecule is c1cc2c(c(OCC3=NCCN3)c1)CCC2. The summed E-state index contributed by atoms with van der Waals surface area (Å²) in [5.41, 5.74) is 2.86. The Labute approximate surface area is 95.5 Å². The molecule has 0 spiro atoms. The highest BCUT2D eigenvalue weighted by molar-refractivity contribution is 5.85. The van der Waals surface area contributed by atoms with Gasteiger partial charge < -0.3 is 10.1 Å². The van der Waals surface area contributed by atoms with Crippen molar-refractivity contribution in [1.82, 2.24) is 5.32 Å². The summed E-state index contributed by atoms with van der Waals surface area (Å²) in [4.78, 5) is 4.32. The molecule has 0 radical (unpaired) electrons. The summed E-state index contributed by atoms with van der Waals surface area (Å²) in [5, 5.41) is 3.22. The molecule has 0 fully saturated rings. The highest BCUT2D eigenvalue weighted by atomic mass is 16.5. The second-order valence-electron chi connectivity index (χ2n) is 4.29. The summed E-state index contributed by atoms with van der Waals surface area (Å²) in [6, 6.07) is 6.36. The van der Waals surface area contributed by atoms with Crippen LogP contribution in [0.3, 0.4) is 0 Å². The van der Waals surface area contributed by atoms with Crippen LogP contribution in [0.25, 0.3) is 0 Å². The van der Waals surface area contributed by atoms with E-state index < -0.39 is 0 Å². The molecule has 0 aromatic heterocycles. The van der Waals surface area contributed by atoms with Gasteiger partial charge in [-0.1, -0.05) is 12.1 Å². The molecule has 1 aromatic rings. The zero-order valence-corrected chi connectivity index (χ0v) is 9.33. The monoisotopic (exact) mass is 216 g/mol. The number of hydrogen-bond acceptors (Lipinski definition) is 3. The molecule has 0 amide bonds. The first-order valence-electron chi connectivity index (χ1n) is 5.94. The van der Waals surface area contributed by atoms with Gasteiger partial charge in [-0.05, 0) is 36.5 Å². The number of ether oxygens (including phenoxy) is 1. The van der Waals surface area contributed by atoms with Gasteiger partial charge in [0.15, 0.2) is 0 Å². The van der Waals surface area contributed by atoms with Crippen molar-refractivity contribution in [3.63, 3.8) is 0 Å². The molecule has 2 aliphatic rings. The fourth-order valence-corrected chi connectivity index (χ4v) is 2.41. The summed E-state index contributed by atoms with van der Waals surface area (Å²) in [5.74, 6) is 2.03. The zero-order valence-electron chi connectivity index (χ0n) is 9.33. The van der Waals surface area contributed by atoms with Crippen LogP contribution in [0.4, 0.5) is 0 Å². The maximum Gasteiger partial charge on any atom is 0.145 e. The first-order valence-corrected chi connectivity index (χ1v) is 5.94. The molecule has 3 rings (SSSR count). The highest BCUT2D eigenvalue weighted by Gasteiger charge is 2.15. The molecule has 1 N–H and O–H groups in total. The number of amidine groups is 1. The quantitative estimate of drug-likeness (QED) is 0.831. The maximum atomic E-state index is 5.84. The first kappa shape index (κ1) is 9.70. The number of aryl methyl sites for hydroxylation is 1. The lowest BCUT2D eigenvalue weighted by Crippen LogP contribution is -2.25. The highest BCUT2D eigenvalue weighted by Crippen LogP contribution is 2.30. The zero-order chi connectivity index (χ0) is 10.8. The van der Waals surface area contributed by atoms with Gasteiger partial charge in [0.05, 0.1) is 6.54 Å². The van der Waals surface area contributed by atoms with E-state index in [1.54, 1.807) is 0 Å². The van der Waals surface area contributed by atoms with E-state index in [2.05, 4.69) is 28.5 Å². The minimum absolute atomic E-state index is 0.580. The van der Waals surface area contributed by atoms with Crippen LogP contribution < -0.4 is 10.1 Å². The van der Waals surface area contributed by atoms with Crippen molar-refractivity contribution in [2.24, 2.45) is 4.99 Å². The Hall–Kier alpha value is -1.51. The van der Waals surface area contributed by atoms with Crippen LogP contribution in [-0.2, 0) is 12.8 Å². The Morgan fingerprint density at radius 3 is 3.19 bits per heavy atom. The lowest BCUT2D eigenvalue weighted by atomic mass is 10.1. The Kier molecular flexibility index (Phi) is 2.52. The van der Waals surface area contributed by atoms with Gasteiger partial charge in [-0.15, -0.1) is 0 Å². The van der Waals surface area contributed by atoms with E-state index in [1.165, 1.54) is 24.0 Å². The molecule has 0 saturated carbocycles. The number of rotatable bonds is 3. The molecule has 0 bridgehead atoms. The normalized spacial score (nSPS) is 17.9. The van der Waals surface area contributed by atoms with Gasteiger partial charge in [0.2, 0.25) is 0 Å². The van der Waals surface area contributed by atoms with E-state index in [4.69, 9.17) is 4.74 Å². The third-order valence-corrected chi connectivity index (χ3v) is 3.21. The van der Waals surface area contributed by atoms with E-state index in [9.17, 15) is 0 Å². The number of fused-ring (bicyclic) bond motifs is 1. The van der Waals surface area contributed by atoms with Crippen LogP contribution in [0, 0.1) is 0 Å². The number of hydrogen-bond donors (Lipinski definition) is 1. The predicted octanol–water partition coefficient (Wildman–Crippen LogP) is 1.56. The molecule has 1 aliphatic carbocycles. The lowest BCUT2D eigenvalue weighted by molar-refractivity contribution is 0.370. The molecule has 1 aliphatic heterocycles. The summed E-state index contributed by atoms with van der Waals surface area (Å²) in [6.07, 6.45) is 3.62. The Bertz CT molecular complexity index is 426. The third kappa shape index (κ3) is 1.77. The number of nitrogens with one attached hydrogen (secondary N) is 1.